The molecule has 100 valence electrons. The van der Waals surface area contributed by atoms with Crippen LogP contribution in [0, 0.1) is 0 Å². The van der Waals surface area contributed by atoms with Gasteiger partial charge in [0.2, 0.25) is 11.9 Å². The highest BCUT2D eigenvalue weighted by atomic mass is 127. The minimum Gasteiger partial charge on any atom is -0.369 e. The summed E-state index contributed by atoms with van der Waals surface area (Å²) in [6.07, 6.45) is 0. The molecule has 18 heavy (non-hydrogen) atoms. The highest BCUT2D eigenvalue weighted by Gasteiger charge is 1.97. The van der Waals surface area contributed by atoms with Crippen LogP contribution in [0.15, 0.2) is 34.3 Å². The van der Waals surface area contributed by atoms with Crippen LogP contribution < -0.4 is 16.8 Å². The van der Waals surface area contributed by atoms with Crippen molar-refractivity contribution in [2.75, 3.05) is 5.32 Å². The van der Waals surface area contributed by atoms with E-state index in [4.69, 9.17) is 23.1 Å². The van der Waals surface area contributed by atoms with Crippen molar-refractivity contribution >= 4 is 53.2 Å². The topological polar surface area (TPSA) is 88.8 Å². The van der Waals surface area contributed by atoms with Crippen LogP contribution in [0.3, 0.4) is 0 Å². The van der Waals surface area contributed by atoms with Gasteiger partial charge in [-0.1, -0.05) is 11.6 Å². The van der Waals surface area contributed by atoms with Crippen LogP contribution in [-0.4, -0.2) is 18.0 Å². The number of halogens is 2. The minimum atomic E-state index is 0. The number of benzene rings is 1. The maximum Gasteiger partial charge on any atom is 0.218 e. The molecule has 1 aromatic rings. The third-order valence-corrected chi connectivity index (χ3v) is 1.99. The van der Waals surface area contributed by atoms with Gasteiger partial charge >= 0.3 is 0 Å². The van der Waals surface area contributed by atoms with Crippen molar-refractivity contribution in [3.05, 3.63) is 29.3 Å². The number of nitrogens with two attached hydrogens (primary N) is 2. The van der Waals surface area contributed by atoms with E-state index in [0.717, 1.165) is 5.69 Å². The van der Waals surface area contributed by atoms with Crippen molar-refractivity contribution in [2.24, 2.45) is 21.5 Å². The van der Waals surface area contributed by atoms with E-state index in [0.29, 0.717) is 5.02 Å². The normalized spacial score (nSPS) is 12.2. The summed E-state index contributed by atoms with van der Waals surface area (Å²) in [5, 5.41) is 3.54. The molecule has 1 aromatic carbocycles. The Labute approximate surface area is 129 Å². The van der Waals surface area contributed by atoms with E-state index in [1.54, 1.807) is 24.3 Å². The fourth-order valence-corrected chi connectivity index (χ4v) is 1.25. The first-order chi connectivity index (χ1) is 7.97. The van der Waals surface area contributed by atoms with Gasteiger partial charge in [0.05, 0.1) is 0 Å². The Hall–Kier alpha value is -1.02. The quantitative estimate of drug-likeness (QED) is 0.417. The Morgan fingerprint density at radius 1 is 1.22 bits per heavy atom. The lowest BCUT2D eigenvalue weighted by molar-refractivity contribution is 0.831. The SMILES string of the molecule is CC(C)N=C(N)N=C(N)Nc1ccc(Cl)cc1.I. The number of nitrogens with one attached hydrogen (secondary N) is 1. The molecule has 0 fully saturated rings. The zero-order valence-electron chi connectivity index (χ0n) is 10.2. The first-order valence-electron chi connectivity index (χ1n) is 5.17. The number of aliphatic imine (C=N–C) groups is 2. The molecule has 5 nitrogen and oxygen atoms in total. The molecule has 1 rings (SSSR count). The summed E-state index contributed by atoms with van der Waals surface area (Å²) in [6, 6.07) is 7.17. The van der Waals surface area contributed by atoms with Crippen molar-refractivity contribution in [1.29, 1.82) is 0 Å². The molecule has 0 aliphatic heterocycles. The molecule has 0 unspecified atom stereocenters. The van der Waals surface area contributed by atoms with Crippen molar-refractivity contribution < 1.29 is 0 Å². The average molecular weight is 382 g/mol. The predicted octanol–water partition coefficient (Wildman–Crippen LogP) is 2.41. The molecule has 0 bridgehead atoms. The molecule has 0 saturated heterocycles. The van der Waals surface area contributed by atoms with Gasteiger partial charge in [-0.05, 0) is 38.1 Å². The second-order valence-electron chi connectivity index (χ2n) is 3.71. The van der Waals surface area contributed by atoms with Crippen molar-refractivity contribution in [3.63, 3.8) is 0 Å². The van der Waals surface area contributed by atoms with Crippen LogP contribution in [0.1, 0.15) is 13.8 Å². The van der Waals surface area contributed by atoms with E-state index in [2.05, 4.69) is 15.3 Å². The predicted molar refractivity (Wildman–Crippen MR) is 88.9 cm³/mol. The zero-order chi connectivity index (χ0) is 12.8. The Morgan fingerprint density at radius 3 is 2.28 bits per heavy atom. The molecule has 0 aliphatic carbocycles. The van der Waals surface area contributed by atoms with E-state index >= 15 is 0 Å². The van der Waals surface area contributed by atoms with E-state index < -0.39 is 0 Å². The number of nitrogens with zero attached hydrogens (tertiary/aromatic N) is 2. The first-order valence-corrected chi connectivity index (χ1v) is 5.55. The van der Waals surface area contributed by atoms with Crippen molar-refractivity contribution in [3.8, 4) is 0 Å². The number of anilines is 1. The zero-order valence-corrected chi connectivity index (χ0v) is 13.3. The van der Waals surface area contributed by atoms with E-state index in [-0.39, 0.29) is 41.9 Å². The van der Waals surface area contributed by atoms with Gasteiger partial charge < -0.3 is 16.8 Å². The van der Waals surface area contributed by atoms with Gasteiger partial charge in [-0.2, -0.15) is 4.99 Å². The van der Waals surface area contributed by atoms with Crippen molar-refractivity contribution in [1.82, 2.24) is 0 Å². The standard InChI is InChI=1S/C11H16ClN5.HI/c1-7(2)15-10(13)17-11(14)16-9-5-3-8(12)4-6-9;/h3-7H,1-2H3,(H5,13,14,15,16,17);1H. The first kappa shape index (κ1) is 17.0. The number of hydrogen-bond donors (Lipinski definition) is 3. The van der Waals surface area contributed by atoms with Crippen LogP contribution in [0.4, 0.5) is 5.69 Å². The Morgan fingerprint density at radius 2 is 1.78 bits per heavy atom. The smallest absolute Gasteiger partial charge is 0.218 e. The molecule has 0 aliphatic rings. The minimum absolute atomic E-state index is 0. The van der Waals surface area contributed by atoms with Gasteiger partial charge in [0.1, 0.15) is 0 Å². The van der Waals surface area contributed by atoms with Crippen LogP contribution in [0.25, 0.3) is 0 Å². The van der Waals surface area contributed by atoms with Crippen LogP contribution in [0.5, 0.6) is 0 Å². The van der Waals surface area contributed by atoms with Crippen LogP contribution >= 0.6 is 35.6 Å². The summed E-state index contributed by atoms with van der Waals surface area (Å²) in [5.41, 5.74) is 12.0. The molecule has 0 radical (unpaired) electrons. The Bertz CT molecular complexity index is 428. The Balaban J connectivity index is 0.00000289. The molecule has 7 heteroatoms. The second-order valence-corrected chi connectivity index (χ2v) is 4.15. The maximum absolute atomic E-state index is 5.76. The van der Waals surface area contributed by atoms with Gasteiger partial charge in [-0.25, -0.2) is 4.99 Å². The van der Waals surface area contributed by atoms with Crippen molar-refractivity contribution in [2.45, 2.75) is 19.9 Å². The second kappa shape index (κ2) is 8.15. The summed E-state index contributed by atoms with van der Waals surface area (Å²) in [6.45, 7) is 3.82. The fourth-order valence-electron chi connectivity index (χ4n) is 1.13. The highest BCUT2D eigenvalue weighted by Crippen LogP contribution is 2.12. The van der Waals surface area contributed by atoms with Gasteiger partial charge in [-0.3, -0.25) is 0 Å². The van der Waals surface area contributed by atoms with E-state index in [9.17, 15) is 0 Å². The molecule has 0 spiro atoms. The van der Waals surface area contributed by atoms with Gasteiger partial charge in [-0.15, -0.1) is 24.0 Å². The molecule has 0 saturated carbocycles. The number of hydrogen-bond acceptors (Lipinski definition) is 1. The lowest BCUT2D eigenvalue weighted by Crippen LogP contribution is -2.26. The number of rotatable bonds is 2. The molecule has 0 atom stereocenters. The summed E-state index contributed by atoms with van der Waals surface area (Å²) in [5.74, 6) is 0.341. The molecule has 5 N–H and O–H groups in total. The lowest BCUT2D eigenvalue weighted by Gasteiger charge is -2.05. The fraction of sp³-hybridized carbons (Fsp3) is 0.273. The summed E-state index contributed by atoms with van der Waals surface area (Å²) in [7, 11) is 0. The summed E-state index contributed by atoms with van der Waals surface area (Å²) < 4.78 is 0. The molecular formula is C11H17ClIN5. The average Bonchev–Trinajstić information content (AvgIpc) is 2.19. The highest BCUT2D eigenvalue weighted by molar-refractivity contribution is 14.0. The summed E-state index contributed by atoms with van der Waals surface area (Å²) in [4.78, 5) is 7.95. The third-order valence-electron chi connectivity index (χ3n) is 1.74. The maximum atomic E-state index is 5.76. The van der Waals surface area contributed by atoms with E-state index in [1.807, 2.05) is 13.8 Å². The summed E-state index contributed by atoms with van der Waals surface area (Å²) >= 11 is 5.76. The molecule has 0 amide bonds. The largest absolute Gasteiger partial charge is 0.369 e. The lowest BCUT2D eigenvalue weighted by atomic mass is 10.3. The van der Waals surface area contributed by atoms with Gasteiger partial charge in [0.25, 0.3) is 0 Å². The van der Waals surface area contributed by atoms with Crippen LogP contribution in [-0.2, 0) is 0 Å². The van der Waals surface area contributed by atoms with Gasteiger partial charge in [0, 0.05) is 16.8 Å². The molecule has 0 aromatic heterocycles. The molecule has 0 heterocycles. The monoisotopic (exact) mass is 381 g/mol. The molecular weight excluding hydrogens is 365 g/mol. The van der Waals surface area contributed by atoms with Gasteiger partial charge in [0.15, 0.2) is 0 Å². The third kappa shape index (κ3) is 6.65. The van der Waals surface area contributed by atoms with E-state index in [1.165, 1.54) is 0 Å². The van der Waals surface area contributed by atoms with Crippen LogP contribution in [0.2, 0.25) is 5.02 Å². The number of guanidine groups is 2. The Kier molecular flexibility index (Phi) is 7.69.